The highest BCUT2D eigenvalue weighted by molar-refractivity contribution is 7.99. The molecule has 0 saturated heterocycles. The molecule has 0 spiro atoms. The highest BCUT2D eigenvalue weighted by Gasteiger charge is 2.01. The smallest absolute Gasteiger partial charge is 0.137 e. The number of aromatic nitrogens is 3. The molecule has 10 heavy (non-hydrogen) atoms. The molecule has 56 valence electrons. The maximum Gasteiger partial charge on any atom is 0.137 e. The van der Waals surface area contributed by atoms with E-state index in [0.29, 0.717) is 5.37 Å². The Morgan fingerprint density at radius 1 is 1.70 bits per heavy atom. The molecule has 0 saturated carbocycles. The highest BCUT2D eigenvalue weighted by atomic mass is 32.2. The second kappa shape index (κ2) is 3.61. The lowest BCUT2D eigenvalue weighted by Gasteiger charge is -2.07. The first-order valence-corrected chi connectivity index (χ1v) is 4.35. The van der Waals surface area contributed by atoms with Crippen LogP contribution in [-0.2, 0) is 0 Å². The van der Waals surface area contributed by atoms with Gasteiger partial charge in [-0.2, -0.15) is 5.10 Å². The van der Waals surface area contributed by atoms with Crippen molar-refractivity contribution in [2.75, 3.05) is 5.75 Å². The molecule has 1 aromatic heterocycles. The van der Waals surface area contributed by atoms with Crippen molar-refractivity contribution in [3.05, 3.63) is 12.7 Å². The summed E-state index contributed by atoms with van der Waals surface area (Å²) in [5.41, 5.74) is 0. The van der Waals surface area contributed by atoms with Crippen molar-refractivity contribution in [3.63, 3.8) is 0 Å². The van der Waals surface area contributed by atoms with Gasteiger partial charge in [0.15, 0.2) is 0 Å². The Bertz CT molecular complexity index is 173. The molecule has 1 atom stereocenters. The molecule has 0 bridgehead atoms. The largest absolute Gasteiger partial charge is 0.240 e. The average Bonchev–Trinajstić information content (AvgIpc) is 2.38. The van der Waals surface area contributed by atoms with Crippen molar-refractivity contribution in [1.82, 2.24) is 14.8 Å². The molecule has 4 heteroatoms. The van der Waals surface area contributed by atoms with Gasteiger partial charge in [0.05, 0.1) is 5.37 Å². The van der Waals surface area contributed by atoms with Crippen LogP contribution in [0.3, 0.4) is 0 Å². The van der Waals surface area contributed by atoms with Gasteiger partial charge >= 0.3 is 0 Å². The van der Waals surface area contributed by atoms with E-state index in [1.165, 1.54) is 0 Å². The normalized spacial score (nSPS) is 13.4. The first-order valence-electron chi connectivity index (χ1n) is 3.30. The lowest BCUT2D eigenvalue weighted by Crippen LogP contribution is -2.01. The third-order valence-corrected chi connectivity index (χ3v) is 2.25. The molecule has 1 aromatic rings. The summed E-state index contributed by atoms with van der Waals surface area (Å²) in [6.45, 7) is 4.25. The lowest BCUT2D eigenvalue weighted by atomic mass is 10.8. The summed E-state index contributed by atoms with van der Waals surface area (Å²) in [5, 5.41) is 4.43. The Morgan fingerprint density at radius 2 is 2.50 bits per heavy atom. The van der Waals surface area contributed by atoms with Gasteiger partial charge in [-0.1, -0.05) is 6.92 Å². The molecular weight excluding hydrogens is 146 g/mol. The molecule has 0 aliphatic carbocycles. The summed E-state index contributed by atoms with van der Waals surface area (Å²) in [4.78, 5) is 3.86. The molecule has 0 aliphatic heterocycles. The summed E-state index contributed by atoms with van der Waals surface area (Å²) >= 11 is 1.85. The molecule has 1 heterocycles. The molecular formula is C6H11N3S. The Hall–Kier alpha value is -0.510. The molecule has 0 amide bonds. The van der Waals surface area contributed by atoms with Crippen molar-refractivity contribution >= 4 is 11.8 Å². The fraction of sp³-hybridized carbons (Fsp3) is 0.667. The van der Waals surface area contributed by atoms with E-state index < -0.39 is 0 Å². The molecule has 0 aliphatic rings. The van der Waals surface area contributed by atoms with Gasteiger partial charge in [0.1, 0.15) is 12.7 Å². The highest BCUT2D eigenvalue weighted by Crippen LogP contribution is 2.18. The summed E-state index contributed by atoms with van der Waals surface area (Å²) in [7, 11) is 0. The third-order valence-electron chi connectivity index (χ3n) is 1.22. The quantitative estimate of drug-likeness (QED) is 0.667. The van der Waals surface area contributed by atoms with Gasteiger partial charge in [-0.15, -0.1) is 11.8 Å². The van der Waals surface area contributed by atoms with Crippen molar-refractivity contribution in [2.45, 2.75) is 19.2 Å². The Kier molecular flexibility index (Phi) is 2.74. The number of hydrogen-bond donors (Lipinski definition) is 0. The Balaban J connectivity index is 2.50. The number of rotatable bonds is 3. The van der Waals surface area contributed by atoms with Crippen LogP contribution < -0.4 is 0 Å². The fourth-order valence-electron chi connectivity index (χ4n) is 0.723. The monoisotopic (exact) mass is 157 g/mol. The third kappa shape index (κ3) is 1.73. The van der Waals surface area contributed by atoms with Gasteiger partial charge in [-0.05, 0) is 12.7 Å². The molecule has 0 fully saturated rings. The second-order valence-corrected chi connectivity index (χ2v) is 3.52. The van der Waals surface area contributed by atoms with Gasteiger partial charge < -0.3 is 0 Å². The molecule has 0 radical (unpaired) electrons. The average molecular weight is 157 g/mol. The van der Waals surface area contributed by atoms with Crippen LogP contribution in [0.1, 0.15) is 19.2 Å². The predicted molar refractivity (Wildman–Crippen MR) is 42.9 cm³/mol. The summed E-state index contributed by atoms with van der Waals surface area (Å²) in [6.07, 6.45) is 3.31. The van der Waals surface area contributed by atoms with Gasteiger partial charge in [-0.3, -0.25) is 0 Å². The lowest BCUT2D eigenvalue weighted by molar-refractivity contribution is 0.640. The van der Waals surface area contributed by atoms with Gasteiger partial charge in [0.2, 0.25) is 0 Å². The molecule has 1 unspecified atom stereocenters. The summed E-state index contributed by atoms with van der Waals surface area (Å²) in [5.74, 6) is 1.11. The predicted octanol–water partition coefficient (Wildman–Crippen LogP) is 1.55. The minimum absolute atomic E-state index is 0.410. The van der Waals surface area contributed by atoms with Crippen molar-refractivity contribution in [3.8, 4) is 0 Å². The zero-order valence-electron chi connectivity index (χ0n) is 6.19. The van der Waals surface area contributed by atoms with E-state index in [2.05, 4.69) is 23.9 Å². The zero-order chi connectivity index (χ0) is 7.40. The van der Waals surface area contributed by atoms with E-state index in [1.54, 1.807) is 12.7 Å². The van der Waals surface area contributed by atoms with Crippen LogP contribution in [-0.4, -0.2) is 20.5 Å². The Morgan fingerprint density at radius 3 is 3.00 bits per heavy atom. The number of nitrogens with zero attached hydrogens (tertiary/aromatic N) is 3. The molecule has 0 N–H and O–H groups in total. The van der Waals surface area contributed by atoms with Gasteiger partial charge in [0.25, 0.3) is 0 Å². The van der Waals surface area contributed by atoms with Crippen LogP contribution in [0.4, 0.5) is 0 Å². The van der Waals surface area contributed by atoms with Crippen molar-refractivity contribution < 1.29 is 0 Å². The first kappa shape index (κ1) is 7.60. The molecule has 3 nitrogen and oxygen atoms in total. The van der Waals surface area contributed by atoms with Crippen LogP contribution >= 0.6 is 11.8 Å². The molecule has 1 rings (SSSR count). The first-order chi connectivity index (χ1) is 4.84. The van der Waals surface area contributed by atoms with E-state index in [0.717, 1.165) is 5.75 Å². The van der Waals surface area contributed by atoms with Crippen molar-refractivity contribution in [1.29, 1.82) is 0 Å². The van der Waals surface area contributed by atoms with Crippen LogP contribution in [0.15, 0.2) is 12.7 Å². The molecule has 0 aromatic carbocycles. The van der Waals surface area contributed by atoms with E-state index in [-0.39, 0.29) is 0 Å². The van der Waals surface area contributed by atoms with E-state index in [1.807, 2.05) is 16.4 Å². The zero-order valence-corrected chi connectivity index (χ0v) is 7.01. The maximum atomic E-state index is 4.02. The summed E-state index contributed by atoms with van der Waals surface area (Å²) in [6, 6.07) is 0. The SMILES string of the molecule is CCSC(C)n1cncn1. The van der Waals surface area contributed by atoms with Crippen LogP contribution in [0.25, 0.3) is 0 Å². The van der Waals surface area contributed by atoms with Crippen LogP contribution in [0.2, 0.25) is 0 Å². The minimum atomic E-state index is 0.410. The number of hydrogen-bond acceptors (Lipinski definition) is 3. The van der Waals surface area contributed by atoms with E-state index in [4.69, 9.17) is 0 Å². The number of thioether (sulfide) groups is 1. The van der Waals surface area contributed by atoms with Gasteiger partial charge in [-0.25, -0.2) is 9.67 Å². The maximum absolute atomic E-state index is 4.02. The minimum Gasteiger partial charge on any atom is -0.240 e. The standard InChI is InChI=1S/C6H11N3S/c1-3-10-6(2)9-5-7-4-8-9/h4-6H,3H2,1-2H3. The van der Waals surface area contributed by atoms with Crippen LogP contribution in [0.5, 0.6) is 0 Å². The van der Waals surface area contributed by atoms with E-state index >= 15 is 0 Å². The second-order valence-electron chi connectivity index (χ2n) is 1.93. The van der Waals surface area contributed by atoms with Crippen molar-refractivity contribution in [2.24, 2.45) is 0 Å². The van der Waals surface area contributed by atoms with Crippen LogP contribution in [0, 0.1) is 0 Å². The summed E-state index contributed by atoms with van der Waals surface area (Å²) < 4.78 is 1.86. The topological polar surface area (TPSA) is 30.7 Å². The van der Waals surface area contributed by atoms with Gasteiger partial charge in [0, 0.05) is 0 Å². The fourth-order valence-corrected chi connectivity index (χ4v) is 1.47. The van der Waals surface area contributed by atoms with E-state index in [9.17, 15) is 0 Å². The Labute approximate surface area is 64.8 Å².